The van der Waals surface area contributed by atoms with Crippen molar-refractivity contribution in [2.24, 2.45) is 0 Å². The quantitative estimate of drug-likeness (QED) is 0.862. The Morgan fingerprint density at radius 3 is 2.71 bits per heavy atom. The molecule has 7 heteroatoms. The topological polar surface area (TPSA) is 58.6 Å². The number of ether oxygens (including phenoxy) is 1. The van der Waals surface area contributed by atoms with E-state index < -0.39 is 23.7 Å². The van der Waals surface area contributed by atoms with Gasteiger partial charge >= 0.3 is 0 Å². The molecule has 0 saturated carbocycles. The van der Waals surface area contributed by atoms with E-state index >= 15 is 0 Å². The molecule has 1 N–H and O–H groups in total. The molecule has 0 radical (unpaired) electrons. The number of amides is 2. The second-order valence-corrected chi connectivity index (χ2v) is 5.70. The maximum atomic E-state index is 13.9. The molecule has 124 valence electrons. The van der Waals surface area contributed by atoms with Crippen LogP contribution in [0.5, 0.6) is 5.75 Å². The van der Waals surface area contributed by atoms with Crippen LogP contribution in [0.3, 0.4) is 0 Å². The Bertz CT molecular complexity index is 812. The average Bonchev–Trinajstić information content (AvgIpc) is 2.82. The monoisotopic (exact) mass is 348 g/mol. The lowest BCUT2D eigenvalue weighted by atomic mass is 10.2. The predicted molar refractivity (Wildman–Crippen MR) is 88.9 cm³/mol. The van der Waals surface area contributed by atoms with E-state index in [1.165, 1.54) is 25.3 Å². The molecule has 1 aliphatic heterocycles. The summed E-state index contributed by atoms with van der Waals surface area (Å²) in [5, 5.41) is 3.42. The van der Waals surface area contributed by atoms with Crippen LogP contribution in [0.2, 0.25) is 5.02 Å². The van der Waals surface area contributed by atoms with Crippen molar-refractivity contribution < 1.29 is 18.7 Å². The molecule has 1 heterocycles. The van der Waals surface area contributed by atoms with Crippen molar-refractivity contribution in [3.05, 3.63) is 53.3 Å². The maximum absolute atomic E-state index is 13.9. The predicted octanol–water partition coefficient (Wildman–Crippen LogP) is 3.23. The zero-order valence-electron chi connectivity index (χ0n) is 12.8. The van der Waals surface area contributed by atoms with Crippen molar-refractivity contribution in [3.8, 4) is 5.75 Å². The summed E-state index contributed by atoms with van der Waals surface area (Å²) < 4.78 is 19.1. The van der Waals surface area contributed by atoms with Gasteiger partial charge in [-0.1, -0.05) is 23.7 Å². The average molecular weight is 349 g/mol. The number of rotatable bonds is 4. The summed E-state index contributed by atoms with van der Waals surface area (Å²) in [5.41, 5.74) is 0.446. The number of para-hydroxylation sites is 1. The Hall–Kier alpha value is -2.60. The van der Waals surface area contributed by atoms with Gasteiger partial charge in [0.25, 0.3) is 5.91 Å². The van der Waals surface area contributed by atoms with Crippen LogP contribution in [-0.2, 0) is 9.59 Å². The molecule has 24 heavy (non-hydrogen) atoms. The third-order valence-corrected chi connectivity index (χ3v) is 3.97. The number of anilines is 2. The molecular weight excluding hydrogens is 335 g/mol. The third kappa shape index (κ3) is 2.92. The number of carbonyl (C=O) groups excluding carboxylic acids is 2. The lowest BCUT2D eigenvalue weighted by Gasteiger charge is -2.17. The Balaban J connectivity index is 1.88. The minimum atomic E-state index is -0.815. The highest BCUT2D eigenvalue weighted by Gasteiger charge is 2.40. The fourth-order valence-corrected chi connectivity index (χ4v) is 2.78. The number of methoxy groups -OCH3 is 1. The normalized spacial score (nSPS) is 17.3. The Labute approximate surface area is 143 Å². The van der Waals surface area contributed by atoms with Crippen LogP contribution in [0.4, 0.5) is 15.8 Å². The number of halogens is 2. The van der Waals surface area contributed by atoms with E-state index in [9.17, 15) is 14.0 Å². The first-order chi connectivity index (χ1) is 11.5. The number of imide groups is 1. The lowest BCUT2D eigenvalue weighted by Crippen LogP contribution is -2.35. The van der Waals surface area contributed by atoms with Gasteiger partial charge in [-0.25, -0.2) is 9.29 Å². The van der Waals surface area contributed by atoms with Crippen LogP contribution in [-0.4, -0.2) is 25.0 Å². The van der Waals surface area contributed by atoms with Crippen LogP contribution in [0, 0.1) is 5.82 Å². The molecule has 0 bridgehead atoms. The second-order valence-electron chi connectivity index (χ2n) is 5.26. The Morgan fingerprint density at radius 2 is 2.00 bits per heavy atom. The number of hydrogen-bond donors (Lipinski definition) is 1. The summed E-state index contributed by atoms with van der Waals surface area (Å²) in [7, 11) is 1.49. The Morgan fingerprint density at radius 1 is 1.25 bits per heavy atom. The van der Waals surface area contributed by atoms with Gasteiger partial charge < -0.3 is 10.1 Å². The summed E-state index contributed by atoms with van der Waals surface area (Å²) in [6, 6.07) is 9.76. The minimum absolute atomic E-state index is 0.0464. The van der Waals surface area contributed by atoms with Crippen LogP contribution in [0.15, 0.2) is 42.5 Å². The molecule has 0 spiro atoms. The molecule has 0 aliphatic carbocycles. The number of nitrogens with zero attached hydrogens (tertiary/aromatic N) is 1. The van der Waals surface area contributed by atoms with Gasteiger partial charge in [0.15, 0.2) is 0 Å². The van der Waals surface area contributed by atoms with Crippen molar-refractivity contribution in [2.75, 3.05) is 17.3 Å². The highest BCUT2D eigenvalue weighted by molar-refractivity contribution is 6.31. The zero-order chi connectivity index (χ0) is 17.3. The van der Waals surface area contributed by atoms with Crippen LogP contribution >= 0.6 is 11.6 Å². The molecule has 1 atom stereocenters. The summed E-state index contributed by atoms with van der Waals surface area (Å²) in [6.07, 6.45) is -0.0805. The van der Waals surface area contributed by atoms with Crippen molar-refractivity contribution in [3.63, 3.8) is 0 Å². The maximum Gasteiger partial charge on any atom is 0.256 e. The molecule has 3 rings (SSSR count). The minimum Gasteiger partial charge on any atom is -0.495 e. The van der Waals surface area contributed by atoms with E-state index in [4.69, 9.17) is 16.3 Å². The van der Waals surface area contributed by atoms with Crippen LogP contribution in [0.1, 0.15) is 6.42 Å². The van der Waals surface area contributed by atoms with Crippen molar-refractivity contribution >= 4 is 34.8 Å². The van der Waals surface area contributed by atoms with Crippen molar-refractivity contribution in [2.45, 2.75) is 12.5 Å². The molecule has 0 aromatic heterocycles. The standard InChI is InChI=1S/C17H14ClFN2O3/c1-24-15-7-6-10(18)8-12(15)20-13-9-16(22)21(17(13)23)14-5-3-2-4-11(14)19/h2-8,13,20H,9H2,1H3/t13-/m0/s1. The van der Waals surface area contributed by atoms with E-state index in [0.717, 1.165) is 4.90 Å². The summed E-state index contributed by atoms with van der Waals surface area (Å²) in [6.45, 7) is 0. The third-order valence-electron chi connectivity index (χ3n) is 3.73. The van der Waals surface area contributed by atoms with E-state index in [1.807, 2.05) is 0 Å². The first kappa shape index (κ1) is 16.3. The molecule has 1 saturated heterocycles. The van der Waals surface area contributed by atoms with Crippen molar-refractivity contribution in [1.82, 2.24) is 0 Å². The number of nitrogens with one attached hydrogen (secondary N) is 1. The van der Waals surface area contributed by atoms with Crippen LogP contribution < -0.4 is 15.0 Å². The number of benzene rings is 2. The van der Waals surface area contributed by atoms with E-state index in [-0.39, 0.29) is 12.1 Å². The molecular formula is C17H14ClFN2O3. The van der Waals surface area contributed by atoms with Gasteiger partial charge in [0.05, 0.1) is 24.9 Å². The molecule has 5 nitrogen and oxygen atoms in total. The fraction of sp³-hybridized carbons (Fsp3) is 0.176. The summed E-state index contributed by atoms with van der Waals surface area (Å²) in [5.74, 6) is -1.13. The fourth-order valence-electron chi connectivity index (χ4n) is 2.61. The molecule has 0 unspecified atom stereocenters. The van der Waals surface area contributed by atoms with Crippen LogP contribution in [0.25, 0.3) is 0 Å². The van der Waals surface area contributed by atoms with Gasteiger partial charge in [-0.3, -0.25) is 9.59 Å². The molecule has 1 aliphatic rings. The lowest BCUT2D eigenvalue weighted by molar-refractivity contribution is -0.121. The highest BCUT2D eigenvalue weighted by Crippen LogP contribution is 2.31. The number of hydrogen-bond acceptors (Lipinski definition) is 4. The van der Waals surface area contributed by atoms with Gasteiger partial charge in [-0.05, 0) is 30.3 Å². The van der Waals surface area contributed by atoms with E-state index in [0.29, 0.717) is 16.5 Å². The van der Waals surface area contributed by atoms with Gasteiger partial charge in [0, 0.05) is 5.02 Å². The van der Waals surface area contributed by atoms with Crippen molar-refractivity contribution in [1.29, 1.82) is 0 Å². The van der Waals surface area contributed by atoms with Gasteiger partial charge in [-0.15, -0.1) is 0 Å². The van der Waals surface area contributed by atoms with E-state index in [1.54, 1.807) is 24.3 Å². The SMILES string of the molecule is COc1ccc(Cl)cc1N[C@H]1CC(=O)N(c2ccccc2F)C1=O. The molecule has 1 fully saturated rings. The summed E-state index contributed by atoms with van der Waals surface area (Å²) in [4.78, 5) is 25.6. The van der Waals surface area contributed by atoms with Gasteiger partial charge in [0.2, 0.25) is 5.91 Å². The summed E-state index contributed by atoms with van der Waals surface area (Å²) >= 11 is 5.96. The van der Waals surface area contributed by atoms with Gasteiger partial charge in [-0.2, -0.15) is 0 Å². The molecule has 2 aromatic carbocycles. The molecule has 2 aromatic rings. The van der Waals surface area contributed by atoms with Gasteiger partial charge in [0.1, 0.15) is 17.6 Å². The largest absolute Gasteiger partial charge is 0.495 e. The molecule has 2 amide bonds. The second kappa shape index (κ2) is 6.49. The van der Waals surface area contributed by atoms with E-state index in [2.05, 4.69) is 5.32 Å². The highest BCUT2D eigenvalue weighted by atomic mass is 35.5. The first-order valence-electron chi connectivity index (χ1n) is 7.22. The number of carbonyl (C=O) groups is 2. The first-order valence-corrected chi connectivity index (χ1v) is 7.60. The zero-order valence-corrected chi connectivity index (χ0v) is 13.5. The Kier molecular flexibility index (Phi) is 4.40. The smallest absolute Gasteiger partial charge is 0.256 e.